The van der Waals surface area contributed by atoms with Gasteiger partial charge in [0.15, 0.2) is 0 Å². The quantitative estimate of drug-likeness (QED) is 0.741. The Balaban J connectivity index is 1.73. The van der Waals surface area contributed by atoms with E-state index in [1.165, 1.54) is 0 Å². The Morgan fingerprint density at radius 2 is 1.81 bits per heavy atom. The molecule has 0 saturated carbocycles. The van der Waals surface area contributed by atoms with E-state index in [1.807, 2.05) is 29.2 Å². The van der Waals surface area contributed by atoms with Crippen molar-refractivity contribution in [1.29, 1.82) is 0 Å². The summed E-state index contributed by atoms with van der Waals surface area (Å²) in [6.45, 7) is 4.20. The first-order valence-corrected chi connectivity index (χ1v) is 11.5. The highest BCUT2D eigenvalue weighted by atomic mass is 16.5. The van der Waals surface area contributed by atoms with Crippen molar-refractivity contribution in [3.05, 3.63) is 65.5 Å². The number of pyridine rings is 1. The van der Waals surface area contributed by atoms with Crippen LogP contribution in [0.5, 0.6) is 0 Å². The maximum absolute atomic E-state index is 14.2. The normalized spacial score (nSPS) is 22.9. The van der Waals surface area contributed by atoms with Gasteiger partial charge < -0.3 is 14.5 Å². The molecule has 1 aromatic heterocycles. The Hall–Kier alpha value is -2.73. The van der Waals surface area contributed by atoms with Gasteiger partial charge in [-0.2, -0.15) is 0 Å². The average molecular weight is 436 g/mol. The lowest BCUT2D eigenvalue weighted by molar-refractivity contribution is -0.147. The van der Waals surface area contributed by atoms with E-state index in [0.29, 0.717) is 45.6 Å². The molecule has 6 nitrogen and oxygen atoms in total. The van der Waals surface area contributed by atoms with Gasteiger partial charge in [0.2, 0.25) is 11.8 Å². The lowest BCUT2D eigenvalue weighted by Crippen LogP contribution is -2.59. The van der Waals surface area contributed by atoms with Crippen LogP contribution in [0.3, 0.4) is 0 Å². The van der Waals surface area contributed by atoms with E-state index in [-0.39, 0.29) is 11.8 Å². The molecule has 2 saturated heterocycles. The second-order valence-electron chi connectivity index (χ2n) is 9.39. The van der Waals surface area contributed by atoms with E-state index in [0.717, 1.165) is 23.2 Å². The molecule has 2 fully saturated rings. The second kappa shape index (κ2) is 9.02. The molecule has 0 radical (unpaired) electrons. The van der Waals surface area contributed by atoms with E-state index >= 15 is 0 Å². The first-order valence-electron chi connectivity index (χ1n) is 11.5. The van der Waals surface area contributed by atoms with Crippen molar-refractivity contribution >= 4 is 11.8 Å². The van der Waals surface area contributed by atoms with Crippen molar-refractivity contribution in [2.24, 2.45) is 0 Å². The van der Waals surface area contributed by atoms with Gasteiger partial charge in [-0.05, 0) is 50.3 Å². The standard InChI is InChI=1S/C26H33N3O3/c1-20-8-6-9-21(18-20)25(12-16-32-17-13-25)24(31)29-15-7-11-26(19-29,23(30)28(2)3)22-10-4-5-14-27-22/h4-6,8-10,14,18H,7,11-13,15-17,19H2,1-3H3/t26-/m1/s1. The number of hydrogen-bond donors (Lipinski definition) is 0. The zero-order valence-corrected chi connectivity index (χ0v) is 19.3. The van der Waals surface area contributed by atoms with Gasteiger partial charge in [0.1, 0.15) is 5.41 Å². The monoisotopic (exact) mass is 435 g/mol. The van der Waals surface area contributed by atoms with Crippen molar-refractivity contribution in [1.82, 2.24) is 14.8 Å². The highest BCUT2D eigenvalue weighted by Crippen LogP contribution is 2.41. The van der Waals surface area contributed by atoms with Crippen LogP contribution in [0.1, 0.15) is 42.5 Å². The van der Waals surface area contributed by atoms with Crippen LogP contribution < -0.4 is 0 Å². The second-order valence-corrected chi connectivity index (χ2v) is 9.39. The summed E-state index contributed by atoms with van der Waals surface area (Å²) in [5, 5.41) is 0. The average Bonchev–Trinajstić information content (AvgIpc) is 2.84. The number of aryl methyl sites for hydroxylation is 1. The summed E-state index contributed by atoms with van der Waals surface area (Å²) in [5.74, 6) is 0.114. The molecule has 2 aliphatic heterocycles. The van der Waals surface area contributed by atoms with E-state index in [9.17, 15) is 9.59 Å². The van der Waals surface area contributed by atoms with Gasteiger partial charge in [0.25, 0.3) is 0 Å². The van der Waals surface area contributed by atoms with Crippen LogP contribution in [0.2, 0.25) is 0 Å². The van der Waals surface area contributed by atoms with Gasteiger partial charge in [0.05, 0.1) is 11.1 Å². The fourth-order valence-electron chi connectivity index (χ4n) is 5.39. The minimum absolute atomic E-state index is 0.00489. The molecular formula is C26H33N3O3. The predicted molar refractivity (Wildman–Crippen MR) is 123 cm³/mol. The van der Waals surface area contributed by atoms with Crippen LogP contribution in [-0.4, -0.2) is 67.0 Å². The predicted octanol–water partition coefficient (Wildman–Crippen LogP) is 3.09. The van der Waals surface area contributed by atoms with Crippen LogP contribution in [0.15, 0.2) is 48.7 Å². The number of aromatic nitrogens is 1. The van der Waals surface area contributed by atoms with E-state index < -0.39 is 10.8 Å². The highest BCUT2D eigenvalue weighted by Gasteiger charge is 2.51. The number of ether oxygens (including phenoxy) is 1. The Morgan fingerprint density at radius 3 is 2.47 bits per heavy atom. The van der Waals surface area contributed by atoms with Crippen LogP contribution in [0.25, 0.3) is 0 Å². The summed E-state index contributed by atoms with van der Waals surface area (Å²) in [5.41, 5.74) is 1.51. The molecule has 4 rings (SSSR count). The minimum atomic E-state index is -0.822. The molecule has 3 heterocycles. The van der Waals surface area contributed by atoms with E-state index in [4.69, 9.17) is 4.74 Å². The highest BCUT2D eigenvalue weighted by molar-refractivity contribution is 5.92. The molecule has 6 heteroatoms. The molecule has 1 atom stereocenters. The van der Waals surface area contributed by atoms with Crippen molar-refractivity contribution in [3.63, 3.8) is 0 Å². The lowest BCUT2D eigenvalue weighted by Gasteiger charge is -2.46. The van der Waals surface area contributed by atoms with Gasteiger partial charge >= 0.3 is 0 Å². The fraction of sp³-hybridized carbons (Fsp3) is 0.500. The SMILES string of the molecule is Cc1cccc(C2(C(=O)N3CCC[C@](C(=O)N(C)C)(c4ccccn4)C3)CCOCC2)c1. The third-order valence-electron chi connectivity index (χ3n) is 7.08. The number of benzene rings is 1. The number of nitrogens with zero attached hydrogens (tertiary/aromatic N) is 3. The first-order chi connectivity index (χ1) is 15.4. The molecule has 0 bridgehead atoms. The van der Waals surface area contributed by atoms with Crippen molar-refractivity contribution < 1.29 is 14.3 Å². The molecule has 0 spiro atoms. The number of piperidine rings is 1. The third kappa shape index (κ3) is 3.92. The van der Waals surface area contributed by atoms with Gasteiger partial charge in [-0.15, -0.1) is 0 Å². The fourth-order valence-corrected chi connectivity index (χ4v) is 5.39. The number of amides is 2. The number of carbonyl (C=O) groups is 2. The van der Waals surface area contributed by atoms with Crippen molar-refractivity contribution in [3.8, 4) is 0 Å². The maximum atomic E-state index is 14.2. The van der Waals surface area contributed by atoms with Gasteiger partial charge in [-0.25, -0.2) is 0 Å². The Kier molecular flexibility index (Phi) is 6.33. The Labute approximate surface area is 190 Å². The van der Waals surface area contributed by atoms with Crippen LogP contribution >= 0.6 is 0 Å². The molecular weight excluding hydrogens is 402 g/mol. The summed E-state index contributed by atoms with van der Waals surface area (Å²) < 4.78 is 5.65. The number of likely N-dealkylation sites (tertiary alicyclic amines) is 1. The van der Waals surface area contributed by atoms with Crippen LogP contribution in [0, 0.1) is 6.92 Å². The zero-order valence-electron chi connectivity index (χ0n) is 19.3. The summed E-state index contributed by atoms with van der Waals surface area (Å²) in [6.07, 6.45) is 4.50. The first kappa shape index (κ1) is 22.5. The summed E-state index contributed by atoms with van der Waals surface area (Å²) >= 11 is 0. The topological polar surface area (TPSA) is 62.7 Å². The molecule has 2 aliphatic rings. The number of carbonyl (C=O) groups excluding carboxylic acids is 2. The summed E-state index contributed by atoms with van der Waals surface area (Å²) in [6, 6.07) is 14.0. The van der Waals surface area contributed by atoms with Crippen molar-refractivity contribution in [2.75, 3.05) is 40.4 Å². The molecule has 0 unspecified atom stereocenters. The number of rotatable bonds is 4. The maximum Gasteiger partial charge on any atom is 0.236 e. The molecule has 2 amide bonds. The van der Waals surface area contributed by atoms with Crippen LogP contribution in [0.4, 0.5) is 0 Å². The number of hydrogen-bond acceptors (Lipinski definition) is 4. The Morgan fingerprint density at radius 1 is 1.03 bits per heavy atom. The summed E-state index contributed by atoms with van der Waals surface area (Å²) in [4.78, 5) is 35.8. The van der Waals surface area contributed by atoms with E-state index in [1.54, 1.807) is 25.2 Å². The molecule has 170 valence electrons. The lowest BCUT2D eigenvalue weighted by atomic mass is 9.70. The van der Waals surface area contributed by atoms with Gasteiger partial charge in [0, 0.05) is 46.6 Å². The molecule has 2 aromatic rings. The number of likely N-dealkylation sites (N-methyl/N-ethyl adjacent to an activating group) is 1. The molecule has 32 heavy (non-hydrogen) atoms. The smallest absolute Gasteiger partial charge is 0.236 e. The van der Waals surface area contributed by atoms with Crippen LogP contribution in [-0.2, 0) is 25.2 Å². The van der Waals surface area contributed by atoms with Gasteiger partial charge in [-0.3, -0.25) is 14.6 Å². The largest absolute Gasteiger partial charge is 0.381 e. The molecule has 0 aliphatic carbocycles. The molecule has 1 aromatic carbocycles. The third-order valence-corrected chi connectivity index (χ3v) is 7.08. The zero-order chi connectivity index (χ0) is 22.8. The van der Waals surface area contributed by atoms with Crippen molar-refractivity contribution in [2.45, 2.75) is 43.4 Å². The minimum Gasteiger partial charge on any atom is -0.381 e. The Bertz CT molecular complexity index is 969. The summed E-state index contributed by atoms with van der Waals surface area (Å²) in [7, 11) is 3.56. The molecule has 0 N–H and O–H groups in total. The van der Waals surface area contributed by atoms with Gasteiger partial charge in [-0.1, -0.05) is 35.9 Å². The van der Waals surface area contributed by atoms with E-state index in [2.05, 4.69) is 30.1 Å².